The van der Waals surface area contributed by atoms with Gasteiger partial charge >= 0.3 is 232 Å². The van der Waals surface area contributed by atoms with Crippen LogP contribution in [0.3, 0.4) is 0 Å². The second-order valence-corrected chi connectivity index (χ2v) is 17.8. The second-order valence-electron chi connectivity index (χ2n) is 9.29. The quantitative estimate of drug-likeness (QED) is 0.226. The van der Waals surface area contributed by atoms with E-state index in [0.717, 1.165) is 5.56 Å². The molecule has 3 aromatic rings. The molecule has 0 unspecified atom stereocenters. The number of anilines is 1. The Morgan fingerprint density at radius 1 is 1.26 bits per heavy atom. The molecule has 38 heavy (non-hydrogen) atoms. The number of aromatic nitrogens is 2. The fourth-order valence-corrected chi connectivity index (χ4v) is 14.9. The maximum atomic E-state index is 15.3. The Morgan fingerprint density at radius 3 is 2.66 bits per heavy atom. The third-order valence-electron chi connectivity index (χ3n) is 7.03. The van der Waals surface area contributed by atoms with Crippen LogP contribution in [0, 0.1) is 23.6 Å². The number of sulfonamides is 1. The molecule has 0 bridgehead atoms. The van der Waals surface area contributed by atoms with Crippen molar-refractivity contribution in [3.63, 3.8) is 0 Å². The van der Waals surface area contributed by atoms with E-state index in [-0.39, 0.29) is 21.5 Å². The van der Waals surface area contributed by atoms with Gasteiger partial charge in [0.25, 0.3) is 0 Å². The fraction of sp³-hybridized carbons (Fsp3) is 0.417. The topological polar surface area (TPSA) is 103 Å². The normalized spacial score (nSPS) is 19.2. The summed E-state index contributed by atoms with van der Waals surface area (Å²) in [6.07, 6.45) is 0. The molecule has 0 radical (unpaired) electrons. The van der Waals surface area contributed by atoms with Crippen molar-refractivity contribution in [3.05, 3.63) is 72.3 Å². The first kappa shape index (κ1) is 27.5. The van der Waals surface area contributed by atoms with Gasteiger partial charge in [0.1, 0.15) is 0 Å². The molecular weight excluding hydrogens is 655 g/mol. The zero-order valence-corrected chi connectivity index (χ0v) is 24.6. The van der Waals surface area contributed by atoms with Gasteiger partial charge in [-0.15, -0.1) is 0 Å². The molecular formula is C24H27ClF2IN5O4S. The molecule has 0 aliphatic carbocycles. The van der Waals surface area contributed by atoms with Crippen molar-refractivity contribution in [1.82, 2.24) is 17.6 Å². The number of alkyl halides is 2. The molecule has 2 aromatic carbocycles. The minimum absolute atomic E-state index is 0.0133. The average molecular weight is 682 g/mol. The third-order valence-corrected chi connectivity index (χ3v) is 16.6. The van der Waals surface area contributed by atoms with Crippen LogP contribution in [0.25, 0.3) is 0 Å². The van der Waals surface area contributed by atoms with E-state index in [0.29, 0.717) is 41.5 Å². The monoisotopic (exact) mass is 681 g/mol. The zero-order valence-electron chi connectivity index (χ0n) is 20.9. The summed E-state index contributed by atoms with van der Waals surface area (Å²) < 4.78 is 62.5. The van der Waals surface area contributed by atoms with Gasteiger partial charge < -0.3 is 0 Å². The van der Waals surface area contributed by atoms with Crippen LogP contribution in [0.2, 0.25) is 5.02 Å². The molecule has 0 saturated carbocycles. The van der Waals surface area contributed by atoms with E-state index in [2.05, 4.69) is 10.2 Å². The van der Waals surface area contributed by atoms with Gasteiger partial charge in [-0.05, 0) is 0 Å². The van der Waals surface area contributed by atoms with Gasteiger partial charge in [0, 0.05) is 0 Å². The number of halogens is 4. The molecule has 0 spiro atoms. The molecule has 9 nitrogen and oxygen atoms in total. The van der Waals surface area contributed by atoms with Crippen LogP contribution < -0.4 is 10.7 Å². The third kappa shape index (κ3) is 4.76. The minimum atomic E-state index is -4.11. The Kier molecular flexibility index (Phi) is 7.59. The number of aryl methyl sites for hydroxylation is 1. The average Bonchev–Trinajstić information content (AvgIpc) is 3.26. The summed E-state index contributed by atoms with van der Waals surface area (Å²) in [4.78, 5) is 15.9. The van der Waals surface area contributed by atoms with Gasteiger partial charge in [-0.1, -0.05) is 0 Å². The number of fused-ring (bicyclic) bond motifs is 1. The molecule has 1 N–H and O–H groups in total. The van der Waals surface area contributed by atoms with Crippen molar-refractivity contribution in [2.45, 2.75) is 35.6 Å². The van der Waals surface area contributed by atoms with Gasteiger partial charge in [0.05, 0.1) is 0 Å². The predicted octanol–water partition coefficient (Wildman–Crippen LogP) is 4.25. The molecule has 1 saturated heterocycles. The molecule has 1 fully saturated rings. The molecule has 3 heterocycles. The summed E-state index contributed by atoms with van der Waals surface area (Å²) in [6, 6.07) is 7.54. The van der Waals surface area contributed by atoms with E-state index in [1.807, 2.05) is 16.7 Å². The number of nitrogens with zero attached hydrogens (tertiary/aromatic N) is 4. The number of aromatic amines is 1. The van der Waals surface area contributed by atoms with E-state index in [9.17, 15) is 17.6 Å². The van der Waals surface area contributed by atoms with Crippen molar-refractivity contribution < 1.29 is 21.6 Å². The van der Waals surface area contributed by atoms with Crippen LogP contribution in [-0.4, -0.2) is 65.1 Å². The Balaban J connectivity index is 1.65. The maximum absolute atomic E-state index is 15.3. The van der Waals surface area contributed by atoms with Crippen LogP contribution in [0.1, 0.15) is 27.5 Å². The summed E-state index contributed by atoms with van der Waals surface area (Å²) in [5.74, 6) is -1.27. The van der Waals surface area contributed by atoms with E-state index in [1.165, 1.54) is 20.7 Å². The van der Waals surface area contributed by atoms with Gasteiger partial charge in [0.2, 0.25) is 0 Å². The van der Waals surface area contributed by atoms with Crippen molar-refractivity contribution in [2.24, 2.45) is 0 Å². The van der Waals surface area contributed by atoms with Crippen molar-refractivity contribution in [2.75, 3.05) is 37.9 Å². The van der Waals surface area contributed by atoms with E-state index in [4.69, 9.17) is 16.0 Å². The molecule has 14 heteroatoms. The molecule has 2 aliphatic heterocycles. The number of nitrogens with one attached hydrogen (secondary N) is 1. The van der Waals surface area contributed by atoms with E-state index in [1.54, 1.807) is 26.0 Å². The first-order valence-electron chi connectivity index (χ1n) is 11.9. The molecule has 1 atom stereocenters. The Bertz CT molecular complexity index is 1530. The number of rotatable bonds is 7. The summed E-state index contributed by atoms with van der Waals surface area (Å²) in [6.45, 7) is 6.29. The van der Waals surface area contributed by atoms with Crippen molar-refractivity contribution in [3.8, 4) is 0 Å². The first-order chi connectivity index (χ1) is 18.0. The molecule has 1 aromatic heterocycles. The van der Waals surface area contributed by atoms with Crippen molar-refractivity contribution in [1.29, 1.82) is 0 Å². The summed E-state index contributed by atoms with van der Waals surface area (Å²) in [5.41, 5.74) is 2.40. The molecule has 2 aliphatic rings. The molecule has 0 amide bonds. The summed E-state index contributed by atoms with van der Waals surface area (Å²) in [7, 11) is -4.11. The van der Waals surface area contributed by atoms with Gasteiger partial charge in [-0.2, -0.15) is 0 Å². The number of hydrogen-bond acceptors (Lipinski definition) is 7. The molecule has 5 rings (SSSR count). The number of H-pyrrole nitrogens is 1. The van der Waals surface area contributed by atoms with Gasteiger partial charge in [-0.3, -0.25) is 0 Å². The second kappa shape index (κ2) is 10.5. The van der Waals surface area contributed by atoms with Crippen LogP contribution in [0.5, 0.6) is 0 Å². The number of benzene rings is 2. The fourth-order valence-electron chi connectivity index (χ4n) is 4.90. The van der Waals surface area contributed by atoms with Crippen LogP contribution in [-0.2, 0) is 10.0 Å². The first-order valence-corrected chi connectivity index (χ1v) is 17.0. The number of likely N-dealkylation sites (tertiary alicyclic amines) is 1. The molecule has 206 valence electrons. The summed E-state index contributed by atoms with van der Waals surface area (Å²) in [5, 5.41) is 6.67. The number of hydrogen-bond donors (Lipinski definition) is 1. The predicted molar refractivity (Wildman–Crippen MR) is 148 cm³/mol. The van der Waals surface area contributed by atoms with E-state index < -0.39 is 52.3 Å². The standard InChI is InChI=1S/C24H27ClF2IN5O4S/c1-14-4-6-19(27)22(15(14)2)16(3)28(23-29-30-24(34)37-23)33-13-32(18-11-31(12-18)9-8-26)20-10-17(25)5-7-21(20)38(33,35)36/h4-7,10,16,18H,8-9,11-13H2,1-3H3,(H,30,34)/t16-/m1/s1. The Labute approximate surface area is 231 Å². The van der Waals surface area contributed by atoms with Gasteiger partial charge in [-0.25, -0.2) is 0 Å². The van der Waals surface area contributed by atoms with Crippen LogP contribution in [0.15, 0.2) is 44.4 Å². The van der Waals surface area contributed by atoms with E-state index >= 15 is 4.39 Å². The van der Waals surface area contributed by atoms with Gasteiger partial charge in [0.15, 0.2) is 0 Å². The van der Waals surface area contributed by atoms with Crippen LogP contribution in [0.4, 0.5) is 14.5 Å². The summed E-state index contributed by atoms with van der Waals surface area (Å²) >= 11 is 2.92. The SMILES string of the molecule is Cc1ccc(F)c([C@@H](C)I(c2n[nH]c(=O)o2)N2CN(C3CN(CCF)C3)c3cc(Cl)ccc3S2(=O)=O)c1C. The Morgan fingerprint density at radius 2 is 2.00 bits per heavy atom. The van der Waals surface area contributed by atoms with Crippen LogP contribution >= 0.6 is 31.7 Å². The van der Waals surface area contributed by atoms with Crippen molar-refractivity contribution >= 4 is 47.4 Å². The zero-order chi connectivity index (χ0) is 27.4. The Hall–Kier alpha value is -2.07.